The number of carbonyl (C=O) groups excluding carboxylic acids is 1. The Labute approximate surface area is 186 Å². The Hall–Kier alpha value is -2.49. The first-order chi connectivity index (χ1) is 14.8. The van der Waals surface area contributed by atoms with E-state index < -0.39 is 15.3 Å². The number of Topliss-reactive ketones (excluding diaryl/α,β-unsaturated/α-hetero) is 1. The van der Waals surface area contributed by atoms with Crippen LogP contribution in [-0.2, 0) is 10.0 Å². The molecule has 9 heteroatoms. The van der Waals surface area contributed by atoms with Crippen molar-refractivity contribution in [3.05, 3.63) is 59.7 Å². The van der Waals surface area contributed by atoms with Gasteiger partial charge in [-0.1, -0.05) is 61.5 Å². The molecule has 0 aliphatic carbocycles. The Bertz CT molecular complexity index is 1150. The monoisotopic (exact) mass is 459 g/mol. The second-order valence-corrected chi connectivity index (χ2v) is 10.2. The molecule has 0 spiro atoms. The summed E-state index contributed by atoms with van der Waals surface area (Å²) in [4.78, 5) is 12.8. The number of nitrogens with zero attached hydrogens (tertiary/aromatic N) is 3. The van der Waals surface area contributed by atoms with Crippen LogP contribution in [0.5, 0.6) is 0 Å². The first-order valence-corrected chi connectivity index (χ1v) is 12.3. The first kappa shape index (κ1) is 23.2. The van der Waals surface area contributed by atoms with Gasteiger partial charge in [-0.3, -0.25) is 4.79 Å². The van der Waals surface area contributed by atoms with E-state index in [-0.39, 0.29) is 21.8 Å². The maximum atomic E-state index is 12.8. The van der Waals surface area contributed by atoms with Crippen molar-refractivity contribution in [1.29, 1.82) is 0 Å². The zero-order chi connectivity index (χ0) is 22.6. The third-order valence-electron chi connectivity index (χ3n) is 4.81. The minimum atomic E-state index is -3.60. The number of rotatable bonds is 9. The van der Waals surface area contributed by atoms with Crippen molar-refractivity contribution in [3.8, 4) is 11.5 Å². The largest absolute Gasteiger partial charge is 0.411 e. The minimum absolute atomic E-state index is 0.0305. The number of carbonyl (C=O) groups is 1. The van der Waals surface area contributed by atoms with Crippen molar-refractivity contribution in [2.45, 2.75) is 43.1 Å². The molecule has 1 atom stereocenters. The fourth-order valence-electron chi connectivity index (χ4n) is 3.03. The second kappa shape index (κ2) is 9.76. The molecule has 1 unspecified atom stereocenters. The highest BCUT2D eigenvalue weighted by Crippen LogP contribution is 2.29. The van der Waals surface area contributed by atoms with Gasteiger partial charge in [0.05, 0.1) is 10.1 Å². The van der Waals surface area contributed by atoms with E-state index in [0.717, 1.165) is 5.56 Å². The number of hydrogen-bond acceptors (Lipinski definition) is 7. The van der Waals surface area contributed by atoms with Crippen molar-refractivity contribution in [2.75, 3.05) is 13.1 Å². The van der Waals surface area contributed by atoms with Crippen molar-refractivity contribution in [1.82, 2.24) is 14.5 Å². The van der Waals surface area contributed by atoms with E-state index in [1.165, 1.54) is 22.1 Å². The molecule has 31 heavy (non-hydrogen) atoms. The van der Waals surface area contributed by atoms with Crippen LogP contribution in [0.4, 0.5) is 0 Å². The fourth-order valence-corrected chi connectivity index (χ4v) is 5.30. The Morgan fingerprint density at radius 1 is 1.10 bits per heavy atom. The van der Waals surface area contributed by atoms with Crippen molar-refractivity contribution in [3.63, 3.8) is 0 Å². The Morgan fingerprint density at radius 3 is 2.42 bits per heavy atom. The molecule has 1 aromatic heterocycles. The summed E-state index contributed by atoms with van der Waals surface area (Å²) in [6, 6.07) is 13.8. The smallest absolute Gasteiger partial charge is 0.277 e. The van der Waals surface area contributed by atoms with Gasteiger partial charge in [-0.05, 0) is 32.0 Å². The lowest BCUT2D eigenvalue weighted by Gasteiger charge is -2.18. The molecular formula is C22H25N3O4S2. The second-order valence-electron chi connectivity index (χ2n) is 6.98. The summed E-state index contributed by atoms with van der Waals surface area (Å²) in [6.45, 7) is 8.12. The number of benzene rings is 2. The molecule has 0 N–H and O–H groups in total. The molecule has 0 amide bonds. The third-order valence-corrected chi connectivity index (χ3v) is 7.79. The summed E-state index contributed by atoms with van der Waals surface area (Å²) in [5.41, 5.74) is 2.22. The number of aryl methyl sites for hydroxylation is 1. The average molecular weight is 460 g/mol. The van der Waals surface area contributed by atoms with E-state index in [0.29, 0.717) is 24.2 Å². The summed E-state index contributed by atoms with van der Waals surface area (Å²) in [5, 5.41) is 7.89. The van der Waals surface area contributed by atoms with Crippen molar-refractivity contribution in [2.24, 2.45) is 0 Å². The van der Waals surface area contributed by atoms with Crippen LogP contribution in [0.2, 0.25) is 0 Å². The van der Waals surface area contributed by atoms with Crippen LogP contribution < -0.4 is 0 Å². The number of sulfonamides is 1. The average Bonchev–Trinajstić information content (AvgIpc) is 3.23. The molecule has 7 nitrogen and oxygen atoms in total. The van der Waals surface area contributed by atoms with Crippen LogP contribution in [0.25, 0.3) is 11.5 Å². The van der Waals surface area contributed by atoms with Gasteiger partial charge in [0.1, 0.15) is 0 Å². The van der Waals surface area contributed by atoms with E-state index in [4.69, 9.17) is 4.42 Å². The Balaban J connectivity index is 1.78. The van der Waals surface area contributed by atoms with E-state index in [2.05, 4.69) is 10.2 Å². The lowest BCUT2D eigenvalue weighted by molar-refractivity contribution is 0.0993. The molecule has 3 aromatic rings. The zero-order valence-corrected chi connectivity index (χ0v) is 19.5. The minimum Gasteiger partial charge on any atom is -0.411 e. The van der Waals surface area contributed by atoms with Crippen LogP contribution in [0.15, 0.2) is 63.1 Å². The Kier molecular flexibility index (Phi) is 7.30. The normalized spacial score (nSPS) is 12.8. The molecule has 0 fully saturated rings. The molecule has 2 aromatic carbocycles. The van der Waals surface area contributed by atoms with Crippen LogP contribution in [0.3, 0.4) is 0 Å². The molecule has 1 heterocycles. The molecule has 0 aliphatic rings. The van der Waals surface area contributed by atoms with E-state index >= 15 is 0 Å². The predicted octanol–water partition coefficient (Wildman–Crippen LogP) is 4.44. The van der Waals surface area contributed by atoms with Gasteiger partial charge in [0.2, 0.25) is 15.9 Å². The predicted molar refractivity (Wildman–Crippen MR) is 121 cm³/mol. The summed E-state index contributed by atoms with van der Waals surface area (Å²) < 4.78 is 32.6. The van der Waals surface area contributed by atoms with Crippen LogP contribution in [-0.4, -0.2) is 47.0 Å². The maximum absolute atomic E-state index is 12.8. The van der Waals surface area contributed by atoms with Gasteiger partial charge in [-0.15, -0.1) is 10.2 Å². The molecule has 0 radical (unpaired) electrons. The maximum Gasteiger partial charge on any atom is 0.277 e. The van der Waals surface area contributed by atoms with Crippen molar-refractivity contribution < 1.29 is 17.6 Å². The molecule has 0 aliphatic heterocycles. The molecular weight excluding hydrogens is 434 g/mol. The van der Waals surface area contributed by atoms with Gasteiger partial charge in [-0.2, -0.15) is 4.31 Å². The highest BCUT2D eigenvalue weighted by atomic mass is 32.2. The number of aromatic nitrogens is 2. The lowest BCUT2D eigenvalue weighted by atomic mass is 10.1. The summed E-state index contributed by atoms with van der Waals surface area (Å²) in [6.07, 6.45) is 0. The topological polar surface area (TPSA) is 93.4 Å². The van der Waals surface area contributed by atoms with E-state index in [1.807, 2.05) is 19.1 Å². The summed E-state index contributed by atoms with van der Waals surface area (Å²) in [5.74, 6) is 0.172. The molecule has 0 bridgehead atoms. The highest BCUT2D eigenvalue weighted by molar-refractivity contribution is 8.00. The highest BCUT2D eigenvalue weighted by Gasteiger charge is 2.23. The first-order valence-electron chi connectivity index (χ1n) is 9.97. The van der Waals surface area contributed by atoms with Crippen LogP contribution >= 0.6 is 11.8 Å². The van der Waals surface area contributed by atoms with Gasteiger partial charge >= 0.3 is 0 Å². The van der Waals surface area contributed by atoms with Crippen LogP contribution in [0.1, 0.15) is 36.7 Å². The number of thioether (sulfide) groups is 1. The van der Waals surface area contributed by atoms with Gasteiger partial charge in [-0.25, -0.2) is 8.42 Å². The third kappa shape index (κ3) is 5.23. The zero-order valence-electron chi connectivity index (χ0n) is 17.9. The van der Waals surface area contributed by atoms with E-state index in [9.17, 15) is 13.2 Å². The molecule has 0 saturated heterocycles. The number of hydrogen-bond donors (Lipinski definition) is 0. The van der Waals surface area contributed by atoms with Gasteiger partial charge in [0.25, 0.3) is 5.22 Å². The number of ketones is 1. The standard InChI is InChI=1S/C22H25N3O4S2/c1-5-25(6-2)31(27,28)19-9-7-8-18(14-19)21-23-24-22(29-21)30-16(4)20(26)17-12-10-15(3)11-13-17/h7-14,16H,5-6H2,1-4H3. The lowest BCUT2D eigenvalue weighted by Crippen LogP contribution is -2.30. The van der Waals surface area contributed by atoms with Crippen LogP contribution in [0, 0.1) is 6.92 Å². The summed E-state index contributed by atoms with van der Waals surface area (Å²) >= 11 is 1.17. The van der Waals surface area contributed by atoms with Gasteiger partial charge < -0.3 is 4.42 Å². The molecule has 3 rings (SSSR count). The van der Waals surface area contributed by atoms with Gasteiger partial charge in [0, 0.05) is 24.2 Å². The van der Waals surface area contributed by atoms with E-state index in [1.54, 1.807) is 51.1 Å². The quantitative estimate of drug-likeness (QED) is 0.345. The van der Waals surface area contributed by atoms with Gasteiger partial charge in [0.15, 0.2) is 5.78 Å². The van der Waals surface area contributed by atoms with Crippen molar-refractivity contribution >= 4 is 27.6 Å². The summed E-state index contributed by atoms with van der Waals surface area (Å²) in [7, 11) is -3.60. The molecule has 0 saturated carbocycles. The Morgan fingerprint density at radius 2 is 1.77 bits per heavy atom. The molecule has 164 valence electrons. The fraction of sp³-hybridized carbons (Fsp3) is 0.318. The SMILES string of the molecule is CCN(CC)S(=O)(=O)c1cccc(-c2nnc(SC(C)C(=O)c3ccc(C)cc3)o2)c1.